The largest absolute Gasteiger partial charge is 0.322 e. The molecule has 258 valence electrons. The van der Waals surface area contributed by atoms with Gasteiger partial charge in [-0.25, -0.2) is 16.8 Å². The Morgan fingerprint density at radius 1 is 0.440 bits per heavy atom. The van der Waals surface area contributed by atoms with Gasteiger partial charge in [-0.2, -0.15) is 0 Å². The second kappa shape index (κ2) is 14.2. The van der Waals surface area contributed by atoms with Crippen LogP contribution in [0, 0.1) is 41.5 Å². The van der Waals surface area contributed by atoms with Crippen LogP contribution in [0.15, 0.2) is 107 Å². The number of sulfonamides is 2. The number of hydrogen-bond donors (Lipinski definition) is 4. The third-order valence-corrected chi connectivity index (χ3v) is 10.8. The molecule has 0 aliphatic heterocycles. The number of nitrogens with one attached hydrogen (secondary N) is 4. The number of benzene rings is 5. The summed E-state index contributed by atoms with van der Waals surface area (Å²) in [7, 11) is -7.72. The highest BCUT2D eigenvalue weighted by Crippen LogP contribution is 2.27. The Bertz CT molecular complexity index is 2110. The van der Waals surface area contributed by atoms with Gasteiger partial charge in [0.1, 0.15) is 0 Å². The van der Waals surface area contributed by atoms with E-state index in [1.165, 1.54) is 72.8 Å². The highest BCUT2D eigenvalue weighted by atomic mass is 32.2. The lowest BCUT2D eigenvalue weighted by atomic mass is 10.1. The van der Waals surface area contributed by atoms with Gasteiger partial charge in [-0.3, -0.25) is 19.0 Å². The van der Waals surface area contributed by atoms with Crippen molar-refractivity contribution in [3.05, 3.63) is 142 Å². The Kier molecular flexibility index (Phi) is 10.2. The van der Waals surface area contributed by atoms with Gasteiger partial charge in [-0.15, -0.1) is 0 Å². The molecule has 12 heteroatoms. The predicted molar refractivity (Wildman–Crippen MR) is 198 cm³/mol. The summed E-state index contributed by atoms with van der Waals surface area (Å²) in [4.78, 5) is 25.9. The minimum Gasteiger partial charge on any atom is -0.322 e. The standard InChI is InChI=1S/C38H38N4O6S2/c1-23-19-25(3)35(26(4)20-23)41-49(45,46)33-15-11-31(12-16-33)39-37(43)29-7-9-30(10-8-29)38(44)40-32-13-17-34(18-14-32)50(47,48)42-36-27(5)21-24(2)22-28(36)6/h7-22,41-42H,1-6H3,(H,39,43)(H,40,44). The third-order valence-electron chi connectivity index (χ3n) is 8.08. The summed E-state index contributed by atoms with van der Waals surface area (Å²) in [6, 6.07) is 25.3. The van der Waals surface area contributed by atoms with E-state index in [0.717, 1.165) is 33.4 Å². The van der Waals surface area contributed by atoms with Crippen molar-refractivity contribution < 1.29 is 26.4 Å². The van der Waals surface area contributed by atoms with E-state index in [2.05, 4.69) is 20.1 Å². The number of amides is 2. The number of aryl methyl sites for hydroxylation is 6. The molecule has 0 saturated heterocycles. The Morgan fingerprint density at radius 2 is 0.720 bits per heavy atom. The van der Waals surface area contributed by atoms with E-state index in [9.17, 15) is 26.4 Å². The number of carbonyl (C=O) groups is 2. The molecule has 50 heavy (non-hydrogen) atoms. The van der Waals surface area contributed by atoms with E-state index in [1.807, 2.05) is 65.8 Å². The van der Waals surface area contributed by atoms with Crippen molar-refractivity contribution >= 4 is 54.6 Å². The van der Waals surface area contributed by atoms with E-state index in [0.29, 0.717) is 22.7 Å². The van der Waals surface area contributed by atoms with Crippen molar-refractivity contribution in [2.45, 2.75) is 51.3 Å². The summed E-state index contributed by atoms with van der Waals surface area (Å²) in [5.41, 5.74) is 7.76. The fraction of sp³-hybridized carbons (Fsp3) is 0.158. The van der Waals surface area contributed by atoms with Crippen molar-refractivity contribution in [2.24, 2.45) is 0 Å². The molecule has 0 bridgehead atoms. The molecule has 4 N–H and O–H groups in total. The highest BCUT2D eigenvalue weighted by molar-refractivity contribution is 7.93. The fourth-order valence-electron chi connectivity index (χ4n) is 5.68. The van der Waals surface area contributed by atoms with Crippen LogP contribution in [0.3, 0.4) is 0 Å². The van der Waals surface area contributed by atoms with Crippen molar-refractivity contribution in [1.82, 2.24) is 0 Å². The van der Waals surface area contributed by atoms with Crippen LogP contribution in [-0.4, -0.2) is 28.6 Å². The second-order valence-electron chi connectivity index (χ2n) is 12.3. The maximum absolute atomic E-state index is 13.0. The Balaban J connectivity index is 1.18. The van der Waals surface area contributed by atoms with Gasteiger partial charge >= 0.3 is 0 Å². The van der Waals surface area contributed by atoms with Crippen molar-refractivity contribution in [3.63, 3.8) is 0 Å². The van der Waals surface area contributed by atoms with E-state index < -0.39 is 31.9 Å². The lowest BCUT2D eigenvalue weighted by molar-refractivity contribution is 0.101. The lowest BCUT2D eigenvalue weighted by Crippen LogP contribution is -2.16. The minimum absolute atomic E-state index is 0.0468. The Labute approximate surface area is 293 Å². The molecule has 0 atom stereocenters. The summed E-state index contributed by atoms with van der Waals surface area (Å²) in [5, 5.41) is 5.46. The molecule has 2 amide bonds. The first-order chi connectivity index (χ1) is 23.5. The number of rotatable bonds is 10. The van der Waals surface area contributed by atoms with Gasteiger partial charge in [-0.1, -0.05) is 35.4 Å². The van der Waals surface area contributed by atoms with Crippen molar-refractivity contribution in [1.29, 1.82) is 0 Å². The first kappa shape index (κ1) is 35.8. The molecule has 0 unspecified atom stereocenters. The van der Waals surface area contributed by atoms with Crippen molar-refractivity contribution in [2.75, 3.05) is 20.1 Å². The molecule has 0 radical (unpaired) electrons. The number of hydrogen-bond acceptors (Lipinski definition) is 6. The van der Waals surface area contributed by atoms with Gasteiger partial charge in [0.2, 0.25) is 0 Å². The van der Waals surface area contributed by atoms with E-state index in [-0.39, 0.29) is 20.9 Å². The first-order valence-electron chi connectivity index (χ1n) is 15.7. The summed E-state index contributed by atoms with van der Waals surface area (Å²) in [5.74, 6) is -0.893. The topological polar surface area (TPSA) is 151 Å². The zero-order chi connectivity index (χ0) is 36.4. The summed E-state index contributed by atoms with van der Waals surface area (Å²) >= 11 is 0. The predicted octanol–water partition coefficient (Wildman–Crippen LogP) is 7.64. The molecule has 0 heterocycles. The summed E-state index contributed by atoms with van der Waals surface area (Å²) < 4.78 is 57.5. The molecule has 0 spiro atoms. The van der Waals surface area contributed by atoms with Gasteiger partial charge in [0.05, 0.1) is 21.2 Å². The maximum atomic E-state index is 13.0. The molecule has 5 aromatic carbocycles. The van der Waals surface area contributed by atoms with E-state index in [4.69, 9.17) is 0 Å². The second-order valence-corrected chi connectivity index (χ2v) is 15.7. The van der Waals surface area contributed by atoms with Crippen LogP contribution in [0.1, 0.15) is 54.1 Å². The molecule has 5 rings (SSSR count). The minimum atomic E-state index is -3.86. The zero-order valence-corrected chi connectivity index (χ0v) is 30.1. The molecular weight excluding hydrogens is 673 g/mol. The number of carbonyl (C=O) groups excluding carboxylic acids is 2. The average Bonchev–Trinajstić information content (AvgIpc) is 3.05. The van der Waals surface area contributed by atoms with Gasteiger partial charge < -0.3 is 10.6 Å². The van der Waals surface area contributed by atoms with Crippen molar-refractivity contribution in [3.8, 4) is 0 Å². The Morgan fingerprint density at radius 3 is 1.00 bits per heavy atom. The molecule has 0 saturated carbocycles. The molecule has 5 aromatic rings. The van der Waals surface area contributed by atoms with Crippen LogP contribution >= 0.6 is 0 Å². The maximum Gasteiger partial charge on any atom is 0.261 e. The Hall–Kier alpha value is -5.46. The van der Waals surface area contributed by atoms with E-state index >= 15 is 0 Å². The molecule has 0 aliphatic carbocycles. The normalized spacial score (nSPS) is 11.5. The monoisotopic (exact) mass is 710 g/mol. The summed E-state index contributed by atoms with van der Waals surface area (Å²) in [6.07, 6.45) is 0. The van der Waals surface area contributed by atoms with Crippen LogP contribution in [0.4, 0.5) is 22.7 Å². The quantitative estimate of drug-likeness (QED) is 0.117. The lowest BCUT2D eigenvalue weighted by Gasteiger charge is -2.15. The first-order valence-corrected chi connectivity index (χ1v) is 18.6. The van der Waals surface area contributed by atoms with Gasteiger partial charge in [0, 0.05) is 22.5 Å². The van der Waals surface area contributed by atoms with Gasteiger partial charge in [0.25, 0.3) is 31.9 Å². The molecule has 0 aliphatic rings. The van der Waals surface area contributed by atoms with Crippen LogP contribution in [0.2, 0.25) is 0 Å². The number of anilines is 4. The van der Waals surface area contributed by atoms with Crippen LogP contribution in [0.25, 0.3) is 0 Å². The summed E-state index contributed by atoms with van der Waals surface area (Å²) in [6.45, 7) is 11.3. The van der Waals surface area contributed by atoms with Gasteiger partial charge in [0.15, 0.2) is 0 Å². The van der Waals surface area contributed by atoms with Gasteiger partial charge in [-0.05, 0) is 137 Å². The van der Waals surface area contributed by atoms with Crippen LogP contribution < -0.4 is 20.1 Å². The zero-order valence-electron chi connectivity index (χ0n) is 28.5. The SMILES string of the molecule is Cc1cc(C)c(NS(=O)(=O)c2ccc(NC(=O)c3ccc(C(=O)Nc4ccc(S(=O)(=O)Nc5c(C)cc(C)cc5C)cc4)cc3)cc2)c(C)c1. The molecule has 0 fully saturated rings. The molecule has 0 aromatic heterocycles. The average molecular weight is 711 g/mol. The third kappa shape index (κ3) is 8.21. The van der Waals surface area contributed by atoms with Crippen LogP contribution in [-0.2, 0) is 20.0 Å². The van der Waals surface area contributed by atoms with Crippen LogP contribution in [0.5, 0.6) is 0 Å². The smallest absolute Gasteiger partial charge is 0.261 e. The molecular formula is C38H38N4O6S2. The fourth-order valence-corrected chi connectivity index (χ4v) is 8.09. The van der Waals surface area contributed by atoms with E-state index in [1.54, 1.807) is 0 Å². The highest BCUT2D eigenvalue weighted by Gasteiger charge is 2.19. The molecule has 10 nitrogen and oxygen atoms in total.